The van der Waals surface area contributed by atoms with Crippen molar-refractivity contribution < 1.29 is 4.52 Å². The van der Waals surface area contributed by atoms with Crippen molar-refractivity contribution in [1.82, 2.24) is 10.1 Å². The van der Waals surface area contributed by atoms with Crippen molar-refractivity contribution in [3.8, 4) is 11.4 Å². The Morgan fingerprint density at radius 2 is 2.17 bits per heavy atom. The SMILES string of the molecule is NC1CSCC1c1nc(-c2ccccc2Br)no1. The molecule has 2 N–H and O–H groups in total. The largest absolute Gasteiger partial charge is 0.339 e. The third kappa shape index (κ3) is 2.20. The molecule has 4 nitrogen and oxygen atoms in total. The number of halogens is 1. The van der Waals surface area contributed by atoms with Gasteiger partial charge in [-0.15, -0.1) is 0 Å². The summed E-state index contributed by atoms with van der Waals surface area (Å²) >= 11 is 5.32. The number of benzene rings is 1. The van der Waals surface area contributed by atoms with Crippen LogP contribution in [0, 0.1) is 0 Å². The molecule has 0 amide bonds. The molecule has 0 saturated carbocycles. The Morgan fingerprint density at radius 3 is 2.89 bits per heavy atom. The van der Waals surface area contributed by atoms with Gasteiger partial charge < -0.3 is 10.3 Å². The molecule has 1 aromatic carbocycles. The summed E-state index contributed by atoms with van der Waals surface area (Å²) in [5.74, 6) is 3.36. The maximum atomic E-state index is 6.03. The first-order chi connectivity index (χ1) is 8.75. The van der Waals surface area contributed by atoms with E-state index in [4.69, 9.17) is 10.3 Å². The zero-order chi connectivity index (χ0) is 12.5. The zero-order valence-corrected chi connectivity index (χ0v) is 11.9. The van der Waals surface area contributed by atoms with E-state index in [9.17, 15) is 0 Å². The predicted molar refractivity (Wildman–Crippen MR) is 75.5 cm³/mol. The molecule has 2 heterocycles. The highest BCUT2D eigenvalue weighted by Crippen LogP contribution is 2.32. The van der Waals surface area contributed by atoms with Crippen LogP contribution in [-0.2, 0) is 0 Å². The molecule has 2 aromatic rings. The van der Waals surface area contributed by atoms with Gasteiger partial charge in [-0.3, -0.25) is 0 Å². The maximum Gasteiger partial charge on any atom is 0.232 e. The smallest absolute Gasteiger partial charge is 0.232 e. The molecular weight excluding hydrogens is 314 g/mol. The van der Waals surface area contributed by atoms with Crippen molar-refractivity contribution in [2.45, 2.75) is 12.0 Å². The van der Waals surface area contributed by atoms with Crippen molar-refractivity contribution in [2.75, 3.05) is 11.5 Å². The van der Waals surface area contributed by atoms with Crippen molar-refractivity contribution in [3.05, 3.63) is 34.6 Å². The van der Waals surface area contributed by atoms with Crippen LogP contribution >= 0.6 is 27.7 Å². The second-order valence-corrected chi connectivity index (χ2v) is 6.17. The summed E-state index contributed by atoms with van der Waals surface area (Å²) in [7, 11) is 0. The highest BCUT2D eigenvalue weighted by molar-refractivity contribution is 9.10. The van der Waals surface area contributed by atoms with E-state index >= 15 is 0 Å². The first-order valence-corrected chi connectivity index (χ1v) is 7.62. The van der Waals surface area contributed by atoms with Crippen LogP contribution in [0.15, 0.2) is 33.3 Å². The third-order valence-electron chi connectivity index (χ3n) is 3.00. The average molecular weight is 326 g/mol. The van der Waals surface area contributed by atoms with E-state index in [-0.39, 0.29) is 12.0 Å². The third-order valence-corrected chi connectivity index (χ3v) is 4.91. The van der Waals surface area contributed by atoms with Crippen LogP contribution in [0.2, 0.25) is 0 Å². The minimum atomic E-state index is 0.113. The molecule has 0 radical (unpaired) electrons. The highest BCUT2D eigenvalue weighted by atomic mass is 79.9. The number of thioether (sulfide) groups is 1. The fourth-order valence-corrected chi connectivity index (χ4v) is 3.71. The van der Waals surface area contributed by atoms with E-state index < -0.39 is 0 Å². The van der Waals surface area contributed by atoms with Crippen molar-refractivity contribution >= 4 is 27.7 Å². The van der Waals surface area contributed by atoms with Gasteiger partial charge in [-0.2, -0.15) is 16.7 Å². The van der Waals surface area contributed by atoms with Crippen LogP contribution in [-0.4, -0.2) is 27.7 Å². The zero-order valence-electron chi connectivity index (χ0n) is 9.54. The Kier molecular flexibility index (Phi) is 3.41. The average Bonchev–Trinajstić information content (AvgIpc) is 2.98. The van der Waals surface area contributed by atoms with E-state index in [1.54, 1.807) is 0 Å². The van der Waals surface area contributed by atoms with E-state index in [1.807, 2.05) is 36.0 Å². The lowest BCUT2D eigenvalue weighted by molar-refractivity contribution is 0.352. The van der Waals surface area contributed by atoms with Gasteiger partial charge in [-0.05, 0) is 12.1 Å². The number of hydrogen-bond donors (Lipinski definition) is 1. The monoisotopic (exact) mass is 325 g/mol. The molecule has 0 aliphatic carbocycles. The molecule has 1 aliphatic rings. The molecule has 0 spiro atoms. The van der Waals surface area contributed by atoms with Gasteiger partial charge in [0.25, 0.3) is 0 Å². The van der Waals surface area contributed by atoms with Gasteiger partial charge in [0.15, 0.2) is 0 Å². The summed E-state index contributed by atoms with van der Waals surface area (Å²) < 4.78 is 6.31. The van der Waals surface area contributed by atoms with Gasteiger partial charge in [0, 0.05) is 27.6 Å². The van der Waals surface area contributed by atoms with Crippen LogP contribution in [0.25, 0.3) is 11.4 Å². The summed E-state index contributed by atoms with van der Waals surface area (Å²) in [5, 5.41) is 4.05. The Labute approximate surface area is 117 Å². The van der Waals surface area contributed by atoms with Crippen molar-refractivity contribution in [1.29, 1.82) is 0 Å². The first-order valence-electron chi connectivity index (χ1n) is 5.67. The van der Waals surface area contributed by atoms with Crippen LogP contribution in [0.5, 0.6) is 0 Å². The Balaban J connectivity index is 1.92. The second-order valence-electron chi connectivity index (χ2n) is 4.24. The molecule has 1 fully saturated rings. The summed E-state index contributed by atoms with van der Waals surface area (Å²) in [5.41, 5.74) is 6.97. The van der Waals surface area contributed by atoms with Crippen LogP contribution < -0.4 is 5.73 Å². The first kappa shape index (κ1) is 12.2. The minimum Gasteiger partial charge on any atom is -0.339 e. The molecule has 3 rings (SSSR count). The van der Waals surface area contributed by atoms with Gasteiger partial charge in [0.2, 0.25) is 11.7 Å². The maximum absolute atomic E-state index is 6.03. The molecular formula is C12H12BrN3OS. The minimum absolute atomic E-state index is 0.113. The fraction of sp³-hybridized carbons (Fsp3) is 0.333. The second kappa shape index (κ2) is 5.03. The topological polar surface area (TPSA) is 64.9 Å². The normalized spacial score (nSPS) is 23.4. The molecule has 0 bridgehead atoms. The molecule has 6 heteroatoms. The number of hydrogen-bond acceptors (Lipinski definition) is 5. The van der Waals surface area contributed by atoms with E-state index in [2.05, 4.69) is 26.1 Å². The van der Waals surface area contributed by atoms with Crippen LogP contribution in [0.4, 0.5) is 0 Å². The molecule has 2 unspecified atom stereocenters. The summed E-state index contributed by atoms with van der Waals surface area (Å²) in [6, 6.07) is 7.94. The number of aromatic nitrogens is 2. The lowest BCUT2D eigenvalue weighted by Crippen LogP contribution is -2.26. The van der Waals surface area contributed by atoms with Gasteiger partial charge in [-0.25, -0.2) is 0 Å². The molecule has 2 atom stereocenters. The van der Waals surface area contributed by atoms with E-state index in [0.717, 1.165) is 21.5 Å². The van der Waals surface area contributed by atoms with Gasteiger partial charge in [-0.1, -0.05) is 33.2 Å². The predicted octanol–water partition coefficient (Wildman–Crippen LogP) is 2.66. The molecule has 94 valence electrons. The van der Waals surface area contributed by atoms with Gasteiger partial charge >= 0.3 is 0 Å². The lowest BCUT2D eigenvalue weighted by atomic mass is 10.1. The molecule has 18 heavy (non-hydrogen) atoms. The summed E-state index contributed by atoms with van der Waals surface area (Å²) in [6.07, 6.45) is 0. The van der Waals surface area contributed by atoms with Crippen molar-refractivity contribution in [2.24, 2.45) is 5.73 Å². The van der Waals surface area contributed by atoms with Gasteiger partial charge in [0.05, 0.1) is 5.92 Å². The molecule has 1 aromatic heterocycles. The Morgan fingerprint density at radius 1 is 1.33 bits per heavy atom. The lowest BCUT2D eigenvalue weighted by Gasteiger charge is -2.07. The van der Waals surface area contributed by atoms with E-state index in [1.165, 1.54) is 0 Å². The summed E-state index contributed by atoms with van der Waals surface area (Å²) in [4.78, 5) is 4.47. The molecule has 1 saturated heterocycles. The van der Waals surface area contributed by atoms with Crippen LogP contribution in [0.3, 0.4) is 0 Å². The number of rotatable bonds is 2. The Bertz CT molecular complexity index is 560. The van der Waals surface area contributed by atoms with Gasteiger partial charge in [0.1, 0.15) is 0 Å². The van der Waals surface area contributed by atoms with E-state index in [0.29, 0.717) is 11.7 Å². The number of nitrogens with two attached hydrogens (primary N) is 1. The standard InChI is InChI=1S/C12H12BrN3OS/c13-9-4-2-1-3-7(9)11-15-12(17-16-11)8-5-18-6-10(8)14/h1-4,8,10H,5-6,14H2. The molecule has 1 aliphatic heterocycles. The quantitative estimate of drug-likeness (QED) is 0.919. The number of nitrogens with zero attached hydrogens (tertiary/aromatic N) is 2. The van der Waals surface area contributed by atoms with Crippen LogP contribution in [0.1, 0.15) is 11.8 Å². The summed E-state index contributed by atoms with van der Waals surface area (Å²) in [6.45, 7) is 0. The van der Waals surface area contributed by atoms with Crippen molar-refractivity contribution in [3.63, 3.8) is 0 Å². The Hall–Kier alpha value is -0.850. The fourth-order valence-electron chi connectivity index (χ4n) is 1.96. The highest BCUT2D eigenvalue weighted by Gasteiger charge is 2.31.